The zero-order valence-electron chi connectivity index (χ0n) is 8.65. The van der Waals surface area contributed by atoms with Crippen molar-refractivity contribution in [1.82, 2.24) is 15.0 Å². The average Bonchev–Trinajstić information content (AvgIpc) is 2.60. The van der Waals surface area contributed by atoms with E-state index in [0.29, 0.717) is 12.4 Å². The number of anilines is 2. The van der Waals surface area contributed by atoms with Crippen LogP contribution in [0.15, 0.2) is 16.2 Å². The van der Waals surface area contributed by atoms with Gasteiger partial charge in [-0.3, -0.25) is 4.79 Å². The molecule has 0 bridgehead atoms. The zero-order valence-corrected chi connectivity index (χ0v) is 9.47. The van der Waals surface area contributed by atoms with Crippen molar-refractivity contribution in [3.8, 4) is 0 Å². The van der Waals surface area contributed by atoms with E-state index in [9.17, 15) is 4.79 Å². The van der Waals surface area contributed by atoms with Gasteiger partial charge in [-0.05, 0) is 6.92 Å². The highest BCUT2D eigenvalue weighted by Crippen LogP contribution is 2.08. The van der Waals surface area contributed by atoms with Crippen molar-refractivity contribution in [2.75, 3.05) is 11.1 Å². The maximum absolute atomic E-state index is 10.9. The van der Waals surface area contributed by atoms with Crippen LogP contribution in [0.3, 0.4) is 0 Å². The summed E-state index contributed by atoms with van der Waals surface area (Å²) in [5.74, 6) is 0.887. The molecule has 84 valence electrons. The quantitative estimate of drug-likeness (QED) is 0.731. The fourth-order valence-electron chi connectivity index (χ4n) is 1.27. The number of rotatable bonds is 3. The molecule has 0 unspecified atom stereocenters. The van der Waals surface area contributed by atoms with Gasteiger partial charge < -0.3 is 16.0 Å². The number of nitrogens with zero attached hydrogens (tertiary/aromatic N) is 2. The smallest absolute Gasteiger partial charge is 0.304 e. The molecule has 6 nitrogen and oxygen atoms in total. The van der Waals surface area contributed by atoms with Crippen LogP contribution in [0.25, 0.3) is 0 Å². The predicted molar refractivity (Wildman–Crippen MR) is 63.4 cm³/mol. The number of aryl methyl sites for hydroxylation is 1. The molecule has 2 aromatic rings. The molecule has 0 aliphatic carbocycles. The molecular formula is C9H11N5OS. The minimum atomic E-state index is -0.0600. The van der Waals surface area contributed by atoms with Gasteiger partial charge in [-0.2, -0.15) is 4.98 Å². The molecule has 0 atom stereocenters. The van der Waals surface area contributed by atoms with Crippen molar-refractivity contribution in [2.45, 2.75) is 13.5 Å². The maximum atomic E-state index is 10.9. The standard InChI is InChI=1S/C9H11N5OS/c1-5-2-7(14-8(10)12-5)11-3-6-4-16-9(15)13-6/h2,4H,3H2,1H3,(H,13,15)(H3,10,11,12,14). The first-order valence-corrected chi connectivity index (χ1v) is 5.53. The summed E-state index contributed by atoms with van der Waals surface area (Å²) >= 11 is 1.14. The first-order chi connectivity index (χ1) is 7.63. The van der Waals surface area contributed by atoms with Gasteiger partial charge in [0.15, 0.2) is 0 Å². The summed E-state index contributed by atoms with van der Waals surface area (Å²) < 4.78 is 0. The molecule has 16 heavy (non-hydrogen) atoms. The molecule has 0 saturated heterocycles. The molecule has 0 amide bonds. The van der Waals surface area contributed by atoms with Gasteiger partial charge in [0.1, 0.15) is 5.82 Å². The maximum Gasteiger partial charge on any atom is 0.304 e. The van der Waals surface area contributed by atoms with Crippen molar-refractivity contribution < 1.29 is 0 Å². The largest absolute Gasteiger partial charge is 0.368 e. The van der Waals surface area contributed by atoms with Crippen LogP contribution in [-0.4, -0.2) is 15.0 Å². The van der Waals surface area contributed by atoms with Crippen LogP contribution in [0.2, 0.25) is 0 Å². The number of hydrogen-bond acceptors (Lipinski definition) is 6. The third-order valence-electron chi connectivity index (χ3n) is 1.90. The molecule has 7 heteroatoms. The lowest BCUT2D eigenvalue weighted by molar-refractivity contribution is 1.02. The number of aromatic nitrogens is 3. The van der Waals surface area contributed by atoms with Crippen LogP contribution < -0.4 is 15.9 Å². The van der Waals surface area contributed by atoms with Crippen LogP contribution in [0.1, 0.15) is 11.4 Å². The van der Waals surface area contributed by atoms with E-state index in [0.717, 1.165) is 22.7 Å². The lowest BCUT2D eigenvalue weighted by Gasteiger charge is -2.05. The molecule has 0 aliphatic rings. The fraction of sp³-hybridized carbons (Fsp3) is 0.222. The minimum Gasteiger partial charge on any atom is -0.368 e. The minimum absolute atomic E-state index is 0.0600. The Labute approximate surface area is 95.6 Å². The Morgan fingerprint density at radius 3 is 3.00 bits per heavy atom. The van der Waals surface area contributed by atoms with Crippen molar-refractivity contribution in [3.63, 3.8) is 0 Å². The van der Waals surface area contributed by atoms with Crippen molar-refractivity contribution in [2.24, 2.45) is 0 Å². The molecule has 0 aromatic carbocycles. The highest BCUT2D eigenvalue weighted by atomic mass is 32.1. The van der Waals surface area contributed by atoms with Gasteiger partial charge in [-0.25, -0.2) is 4.98 Å². The number of nitrogens with two attached hydrogens (primary N) is 1. The summed E-state index contributed by atoms with van der Waals surface area (Å²) in [4.78, 5) is 21.5. The van der Waals surface area contributed by atoms with Gasteiger partial charge in [0.25, 0.3) is 0 Å². The van der Waals surface area contributed by atoms with Crippen LogP contribution >= 0.6 is 11.3 Å². The first kappa shape index (κ1) is 10.6. The number of nitrogens with one attached hydrogen (secondary N) is 2. The summed E-state index contributed by atoms with van der Waals surface area (Å²) in [5.41, 5.74) is 7.14. The Morgan fingerprint density at radius 1 is 1.56 bits per heavy atom. The third-order valence-corrected chi connectivity index (χ3v) is 2.62. The van der Waals surface area contributed by atoms with Gasteiger partial charge in [-0.15, -0.1) is 0 Å². The number of H-pyrrole nitrogens is 1. The highest BCUT2D eigenvalue weighted by Gasteiger charge is 2.00. The Kier molecular flexibility index (Phi) is 2.86. The number of aromatic amines is 1. The Balaban J connectivity index is 2.07. The summed E-state index contributed by atoms with van der Waals surface area (Å²) in [6.07, 6.45) is 0. The second-order valence-corrected chi connectivity index (χ2v) is 4.12. The number of hydrogen-bond donors (Lipinski definition) is 3. The molecule has 2 aromatic heterocycles. The Morgan fingerprint density at radius 2 is 2.38 bits per heavy atom. The summed E-state index contributed by atoms with van der Waals surface area (Å²) in [6, 6.07) is 1.79. The molecule has 0 saturated carbocycles. The normalized spacial score (nSPS) is 10.3. The fourth-order valence-corrected chi connectivity index (χ4v) is 1.85. The monoisotopic (exact) mass is 237 g/mol. The van der Waals surface area contributed by atoms with Gasteiger partial charge in [0, 0.05) is 22.8 Å². The van der Waals surface area contributed by atoms with Crippen molar-refractivity contribution in [1.29, 1.82) is 0 Å². The second-order valence-electron chi connectivity index (χ2n) is 3.28. The van der Waals surface area contributed by atoms with E-state index in [1.807, 2.05) is 6.92 Å². The number of thiazole rings is 1. The SMILES string of the molecule is Cc1cc(NCc2csc(=O)[nH]2)nc(N)n1. The molecule has 0 aliphatic heterocycles. The predicted octanol–water partition coefficient (Wildman–Crippen LogP) is 0.729. The molecule has 2 rings (SSSR count). The van der Waals surface area contributed by atoms with Crippen LogP contribution in [0.5, 0.6) is 0 Å². The topological polar surface area (TPSA) is 96.7 Å². The van der Waals surface area contributed by atoms with E-state index in [1.165, 1.54) is 0 Å². The molecule has 0 fully saturated rings. The van der Waals surface area contributed by atoms with Crippen LogP contribution in [0.4, 0.5) is 11.8 Å². The van der Waals surface area contributed by atoms with E-state index in [2.05, 4.69) is 20.3 Å². The third kappa shape index (κ3) is 2.57. The molecular weight excluding hydrogens is 226 g/mol. The van der Waals surface area contributed by atoms with Crippen LogP contribution in [-0.2, 0) is 6.54 Å². The van der Waals surface area contributed by atoms with Crippen molar-refractivity contribution >= 4 is 23.1 Å². The van der Waals surface area contributed by atoms with E-state index in [4.69, 9.17) is 5.73 Å². The lowest BCUT2D eigenvalue weighted by Crippen LogP contribution is -2.06. The summed E-state index contributed by atoms with van der Waals surface area (Å²) in [5, 5.41) is 4.83. The Hall–Kier alpha value is -1.89. The highest BCUT2D eigenvalue weighted by molar-refractivity contribution is 7.07. The van der Waals surface area contributed by atoms with E-state index < -0.39 is 0 Å². The summed E-state index contributed by atoms with van der Waals surface area (Å²) in [7, 11) is 0. The lowest BCUT2D eigenvalue weighted by atomic mass is 10.4. The number of nitrogen functional groups attached to an aromatic ring is 1. The van der Waals surface area contributed by atoms with Gasteiger partial charge >= 0.3 is 4.87 Å². The van der Waals surface area contributed by atoms with Crippen molar-refractivity contribution in [3.05, 3.63) is 32.5 Å². The van der Waals surface area contributed by atoms with Gasteiger partial charge in [0.2, 0.25) is 5.95 Å². The summed E-state index contributed by atoms with van der Waals surface area (Å²) in [6.45, 7) is 2.35. The second kappa shape index (κ2) is 4.31. The van der Waals surface area contributed by atoms with Gasteiger partial charge in [-0.1, -0.05) is 11.3 Å². The van der Waals surface area contributed by atoms with E-state index >= 15 is 0 Å². The average molecular weight is 237 g/mol. The molecule has 4 N–H and O–H groups in total. The van der Waals surface area contributed by atoms with Gasteiger partial charge in [0.05, 0.1) is 6.54 Å². The first-order valence-electron chi connectivity index (χ1n) is 4.65. The Bertz CT molecular complexity index is 527. The molecule has 0 radical (unpaired) electrons. The molecule has 0 spiro atoms. The van der Waals surface area contributed by atoms with Crippen LogP contribution in [0, 0.1) is 6.92 Å². The van der Waals surface area contributed by atoms with E-state index in [1.54, 1.807) is 11.4 Å². The van der Waals surface area contributed by atoms with E-state index in [-0.39, 0.29) is 10.8 Å². The molecule has 2 heterocycles. The zero-order chi connectivity index (χ0) is 11.5.